The molecule has 0 aliphatic carbocycles. The van der Waals surface area contributed by atoms with Crippen LogP contribution in [0.2, 0.25) is 0 Å². The zero-order chi connectivity index (χ0) is 16.8. The minimum atomic E-state index is -0.915. The third-order valence-electron chi connectivity index (χ3n) is 4.31. The van der Waals surface area contributed by atoms with Crippen LogP contribution in [-0.2, 0) is 4.79 Å². The number of imidazole rings is 1. The third-order valence-corrected chi connectivity index (χ3v) is 4.31. The molecule has 0 saturated carbocycles. The van der Waals surface area contributed by atoms with Gasteiger partial charge in [-0.05, 0) is 19.4 Å². The molecule has 0 bridgehead atoms. The molecule has 3 aromatic rings. The van der Waals surface area contributed by atoms with Gasteiger partial charge in [-0.3, -0.25) is 0 Å². The van der Waals surface area contributed by atoms with Crippen molar-refractivity contribution >= 4 is 17.0 Å². The molecular weight excluding hydrogens is 308 g/mol. The molecule has 4 rings (SSSR count). The fourth-order valence-corrected chi connectivity index (χ4v) is 3.00. The molecule has 0 spiro atoms. The van der Waals surface area contributed by atoms with Crippen LogP contribution in [0, 0.1) is 6.92 Å². The van der Waals surface area contributed by atoms with E-state index in [1.54, 1.807) is 23.6 Å². The minimum Gasteiger partial charge on any atom is -0.480 e. The summed E-state index contributed by atoms with van der Waals surface area (Å²) in [7, 11) is 0. The van der Waals surface area contributed by atoms with E-state index in [1.807, 2.05) is 31.2 Å². The SMILES string of the molecule is Cc1ccccc1-c1nc2cc3c(cc2n1C(C)C(=O)O)OCO3. The molecule has 0 amide bonds. The van der Waals surface area contributed by atoms with E-state index in [1.165, 1.54) is 0 Å². The molecule has 24 heavy (non-hydrogen) atoms. The molecule has 1 aromatic heterocycles. The first-order valence-corrected chi connectivity index (χ1v) is 7.66. The summed E-state index contributed by atoms with van der Waals surface area (Å²) in [6, 6.07) is 10.6. The summed E-state index contributed by atoms with van der Waals surface area (Å²) in [5, 5.41) is 9.54. The van der Waals surface area contributed by atoms with Crippen LogP contribution in [0.3, 0.4) is 0 Å². The molecule has 2 aromatic carbocycles. The van der Waals surface area contributed by atoms with Gasteiger partial charge in [0.15, 0.2) is 11.5 Å². The number of fused-ring (bicyclic) bond motifs is 2. The average Bonchev–Trinajstić information content (AvgIpc) is 3.15. The second-order valence-corrected chi connectivity index (χ2v) is 5.83. The maximum absolute atomic E-state index is 11.6. The molecule has 0 fully saturated rings. The van der Waals surface area contributed by atoms with Crippen molar-refractivity contribution in [2.75, 3.05) is 6.79 Å². The summed E-state index contributed by atoms with van der Waals surface area (Å²) in [5.74, 6) is 0.951. The van der Waals surface area contributed by atoms with Crippen LogP contribution in [0.25, 0.3) is 22.4 Å². The van der Waals surface area contributed by atoms with E-state index in [0.29, 0.717) is 28.4 Å². The first-order chi connectivity index (χ1) is 11.6. The van der Waals surface area contributed by atoms with Gasteiger partial charge in [0.05, 0.1) is 11.0 Å². The van der Waals surface area contributed by atoms with Crippen molar-refractivity contribution in [3.05, 3.63) is 42.0 Å². The maximum Gasteiger partial charge on any atom is 0.326 e. The van der Waals surface area contributed by atoms with Gasteiger partial charge < -0.3 is 19.1 Å². The van der Waals surface area contributed by atoms with Crippen LogP contribution in [0.5, 0.6) is 11.5 Å². The number of hydrogen-bond donors (Lipinski definition) is 1. The van der Waals surface area contributed by atoms with Gasteiger partial charge in [-0.25, -0.2) is 9.78 Å². The number of carboxylic acids is 1. The lowest BCUT2D eigenvalue weighted by molar-refractivity contribution is -0.140. The number of hydrogen-bond acceptors (Lipinski definition) is 4. The highest BCUT2D eigenvalue weighted by Gasteiger charge is 2.25. The number of carboxylic acid groups (broad SMARTS) is 1. The second kappa shape index (κ2) is 5.26. The van der Waals surface area contributed by atoms with Crippen molar-refractivity contribution in [3.8, 4) is 22.9 Å². The normalized spacial score (nSPS) is 14.1. The first-order valence-electron chi connectivity index (χ1n) is 7.66. The van der Waals surface area contributed by atoms with Crippen LogP contribution < -0.4 is 9.47 Å². The monoisotopic (exact) mass is 324 g/mol. The molecular formula is C18H16N2O4. The van der Waals surface area contributed by atoms with Crippen molar-refractivity contribution in [1.82, 2.24) is 9.55 Å². The zero-order valence-electron chi connectivity index (χ0n) is 13.3. The van der Waals surface area contributed by atoms with Gasteiger partial charge in [0.1, 0.15) is 11.9 Å². The number of carbonyl (C=O) groups is 1. The number of ether oxygens (including phenoxy) is 2. The lowest BCUT2D eigenvalue weighted by atomic mass is 10.1. The highest BCUT2D eigenvalue weighted by molar-refractivity contribution is 5.87. The molecule has 6 nitrogen and oxygen atoms in total. The van der Waals surface area contributed by atoms with Gasteiger partial charge in [0, 0.05) is 17.7 Å². The predicted molar refractivity (Wildman–Crippen MR) is 88.4 cm³/mol. The number of aromatic nitrogens is 2. The topological polar surface area (TPSA) is 73.6 Å². The number of rotatable bonds is 3. The van der Waals surface area contributed by atoms with E-state index in [-0.39, 0.29) is 6.79 Å². The fraction of sp³-hybridized carbons (Fsp3) is 0.222. The average molecular weight is 324 g/mol. The Hall–Kier alpha value is -3.02. The number of benzene rings is 2. The summed E-state index contributed by atoms with van der Waals surface area (Å²) >= 11 is 0. The highest BCUT2D eigenvalue weighted by atomic mass is 16.7. The zero-order valence-corrected chi connectivity index (χ0v) is 13.3. The van der Waals surface area contributed by atoms with Gasteiger partial charge in [0.2, 0.25) is 6.79 Å². The number of aryl methyl sites for hydroxylation is 1. The third kappa shape index (κ3) is 2.11. The Morgan fingerprint density at radius 2 is 1.96 bits per heavy atom. The Kier molecular flexibility index (Phi) is 3.19. The van der Waals surface area contributed by atoms with Gasteiger partial charge in [0.25, 0.3) is 0 Å². The Morgan fingerprint density at radius 1 is 1.25 bits per heavy atom. The summed E-state index contributed by atoms with van der Waals surface area (Å²) in [6.07, 6.45) is 0. The lowest BCUT2D eigenvalue weighted by Gasteiger charge is -2.15. The molecule has 2 heterocycles. The van der Waals surface area contributed by atoms with Crippen molar-refractivity contribution in [2.24, 2.45) is 0 Å². The molecule has 1 atom stereocenters. The molecule has 0 radical (unpaired) electrons. The molecule has 1 N–H and O–H groups in total. The summed E-state index contributed by atoms with van der Waals surface area (Å²) < 4.78 is 12.6. The molecule has 1 unspecified atom stereocenters. The van der Waals surface area contributed by atoms with E-state index in [4.69, 9.17) is 9.47 Å². The highest BCUT2D eigenvalue weighted by Crippen LogP contribution is 2.39. The van der Waals surface area contributed by atoms with E-state index < -0.39 is 12.0 Å². The molecule has 6 heteroatoms. The van der Waals surface area contributed by atoms with Crippen molar-refractivity contribution < 1.29 is 19.4 Å². The second-order valence-electron chi connectivity index (χ2n) is 5.83. The molecule has 1 aliphatic heterocycles. The van der Waals surface area contributed by atoms with Crippen LogP contribution in [-0.4, -0.2) is 27.4 Å². The predicted octanol–water partition coefficient (Wildman–Crippen LogP) is 3.39. The maximum atomic E-state index is 11.6. The van der Waals surface area contributed by atoms with Crippen molar-refractivity contribution in [2.45, 2.75) is 19.9 Å². The largest absolute Gasteiger partial charge is 0.480 e. The van der Waals surface area contributed by atoms with Gasteiger partial charge in [-0.2, -0.15) is 0 Å². The lowest BCUT2D eigenvalue weighted by Crippen LogP contribution is -2.16. The summed E-state index contributed by atoms with van der Waals surface area (Å²) in [5.41, 5.74) is 3.34. The Morgan fingerprint density at radius 3 is 2.67 bits per heavy atom. The minimum absolute atomic E-state index is 0.168. The van der Waals surface area contributed by atoms with Crippen LogP contribution >= 0.6 is 0 Å². The summed E-state index contributed by atoms with van der Waals surface area (Å²) in [4.78, 5) is 16.3. The molecule has 122 valence electrons. The first kappa shape index (κ1) is 14.6. The van der Waals surface area contributed by atoms with Crippen molar-refractivity contribution in [1.29, 1.82) is 0 Å². The molecule has 1 aliphatic rings. The molecule has 0 saturated heterocycles. The van der Waals surface area contributed by atoms with Gasteiger partial charge in [-0.15, -0.1) is 0 Å². The number of aliphatic carboxylic acids is 1. The number of nitrogens with zero attached hydrogens (tertiary/aromatic N) is 2. The smallest absolute Gasteiger partial charge is 0.326 e. The van der Waals surface area contributed by atoms with Gasteiger partial charge in [-0.1, -0.05) is 24.3 Å². The quantitative estimate of drug-likeness (QED) is 0.799. The Labute approximate surface area is 138 Å². The van der Waals surface area contributed by atoms with E-state index in [9.17, 15) is 9.90 Å². The summed E-state index contributed by atoms with van der Waals surface area (Å²) in [6.45, 7) is 3.80. The fourth-order valence-electron chi connectivity index (χ4n) is 3.00. The van der Waals surface area contributed by atoms with Gasteiger partial charge >= 0.3 is 5.97 Å². The van der Waals surface area contributed by atoms with Crippen LogP contribution in [0.15, 0.2) is 36.4 Å². The van der Waals surface area contributed by atoms with Crippen LogP contribution in [0.1, 0.15) is 18.5 Å². The van der Waals surface area contributed by atoms with E-state index in [0.717, 1.165) is 11.1 Å². The Balaban J connectivity index is 2.04. The van der Waals surface area contributed by atoms with E-state index in [2.05, 4.69) is 4.98 Å². The van der Waals surface area contributed by atoms with E-state index >= 15 is 0 Å². The van der Waals surface area contributed by atoms with Crippen molar-refractivity contribution in [3.63, 3.8) is 0 Å². The standard InChI is InChI=1S/C18H16N2O4/c1-10-5-3-4-6-12(10)17-19-13-7-15-16(24-9-23-15)8-14(13)20(17)11(2)18(21)22/h3-8,11H,9H2,1-2H3,(H,21,22). The Bertz CT molecular complexity index is 961. The van der Waals surface area contributed by atoms with Crippen LogP contribution in [0.4, 0.5) is 0 Å².